The van der Waals surface area contributed by atoms with Crippen LogP contribution in [0.1, 0.15) is 17.5 Å². The number of ether oxygens (including phenoxy) is 1. The minimum absolute atomic E-state index is 0.0951. The molecule has 3 aromatic rings. The summed E-state index contributed by atoms with van der Waals surface area (Å²) in [6.45, 7) is 3.10. The van der Waals surface area contributed by atoms with Gasteiger partial charge >= 0.3 is 0 Å². The zero-order valence-corrected chi connectivity index (χ0v) is 13.4. The predicted octanol–water partition coefficient (Wildman–Crippen LogP) is 2.79. The van der Waals surface area contributed by atoms with Crippen LogP contribution in [0, 0.1) is 0 Å². The third kappa shape index (κ3) is 3.09. The predicted molar refractivity (Wildman–Crippen MR) is 94.4 cm³/mol. The summed E-state index contributed by atoms with van der Waals surface area (Å²) in [5, 5.41) is 0.908. The average molecular weight is 320 g/mol. The van der Waals surface area contributed by atoms with Crippen molar-refractivity contribution in [1.82, 2.24) is 14.9 Å². The average Bonchev–Trinajstić information content (AvgIpc) is 2.63. The Morgan fingerprint density at radius 2 is 1.83 bits per heavy atom. The highest BCUT2D eigenvalue weighted by Gasteiger charge is 2.22. The standard InChI is InChI=1S/C19H20N4O/c20-19-15-8-4-5-9-16(15)21-18(22-19)13-23-10-11-24-17(12-23)14-6-2-1-3-7-14/h1-9,17H,10-13H2,(H2,20,21,22). The van der Waals surface area contributed by atoms with Gasteiger partial charge in [-0.3, -0.25) is 4.90 Å². The van der Waals surface area contributed by atoms with Gasteiger partial charge in [-0.2, -0.15) is 0 Å². The maximum atomic E-state index is 6.09. The van der Waals surface area contributed by atoms with Crippen LogP contribution in [0.25, 0.3) is 10.9 Å². The summed E-state index contributed by atoms with van der Waals surface area (Å²) >= 11 is 0. The van der Waals surface area contributed by atoms with Gasteiger partial charge in [0, 0.05) is 18.5 Å². The SMILES string of the molecule is Nc1nc(CN2CCOC(c3ccccc3)C2)nc2ccccc12. The van der Waals surface area contributed by atoms with E-state index in [0.717, 1.165) is 29.8 Å². The van der Waals surface area contributed by atoms with Gasteiger partial charge in [0.05, 0.1) is 24.8 Å². The van der Waals surface area contributed by atoms with Crippen molar-refractivity contribution in [2.75, 3.05) is 25.4 Å². The second-order valence-electron chi connectivity index (χ2n) is 6.05. The summed E-state index contributed by atoms with van der Waals surface area (Å²) in [7, 11) is 0. The fraction of sp³-hybridized carbons (Fsp3) is 0.263. The Labute approximate surface area is 141 Å². The Balaban J connectivity index is 1.53. The lowest BCUT2D eigenvalue weighted by molar-refractivity contribution is -0.0336. The zero-order chi connectivity index (χ0) is 16.4. The monoisotopic (exact) mass is 320 g/mol. The highest BCUT2D eigenvalue weighted by molar-refractivity contribution is 5.87. The topological polar surface area (TPSA) is 64.3 Å². The Morgan fingerprint density at radius 3 is 2.71 bits per heavy atom. The molecule has 1 fully saturated rings. The number of nitrogens with zero attached hydrogens (tertiary/aromatic N) is 3. The molecule has 24 heavy (non-hydrogen) atoms. The quantitative estimate of drug-likeness (QED) is 0.804. The molecular formula is C19H20N4O. The summed E-state index contributed by atoms with van der Waals surface area (Å²) < 4.78 is 5.92. The van der Waals surface area contributed by atoms with Gasteiger partial charge in [-0.15, -0.1) is 0 Å². The first-order valence-electron chi connectivity index (χ1n) is 8.19. The van der Waals surface area contributed by atoms with Gasteiger partial charge < -0.3 is 10.5 Å². The van der Waals surface area contributed by atoms with Crippen molar-refractivity contribution in [3.63, 3.8) is 0 Å². The van der Waals surface area contributed by atoms with Gasteiger partial charge in [0.25, 0.3) is 0 Å². The van der Waals surface area contributed by atoms with Crippen molar-refractivity contribution in [2.45, 2.75) is 12.6 Å². The first-order valence-corrected chi connectivity index (χ1v) is 8.19. The summed E-state index contributed by atoms with van der Waals surface area (Å²) in [5.74, 6) is 1.31. The van der Waals surface area contributed by atoms with Crippen molar-refractivity contribution in [2.24, 2.45) is 0 Å². The molecule has 5 heteroatoms. The zero-order valence-electron chi connectivity index (χ0n) is 13.4. The van der Waals surface area contributed by atoms with Gasteiger partial charge in [-0.05, 0) is 17.7 Å². The normalized spacial score (nSPS) is 18.8. The van der Waals surface area contributed by atoms with Crippen molar-refractivity contribution in [1.29, 1.82) is 0 Å². The maximum absolute atomic E-state index is 6.09. The van der Waals surface area contributed by atoms with Gasteiger partial charge in [-0.25, -0.2) is 9.97 Å². The number of para-hydroxylation sites is 1. The van der Waals surface area contributed by atoms with Crippen molar-refractivity contribution < 1.29 is 4.74 Å². The molecule has 1 aliphatic rings. The van der Waals surface area contributed by atoms with Crippen molar-refractivity contribution in [3.8, 4) is 0 Å². The van der Waals surface area contributed by atoms with Crippen LogP contribution < -0.4 is 5.73 Å². The van der Waals surface area contributed by atoms with Crippen LogP contribution in [-0.4, -0.2) is 34.6 Å². The van der Waals surface area contributed by atoms with Crippen LogP contribution in [0.5, 0.6) is 0 Å². The van der Waals surface area contributed by atoms with Gasteiger partial charge in [0.2, 0.25) is 0 Å². The Hall–Kier alpha value is -2.50. The number of nitrogens with two attached hydrogens (primary N) is 1. The lowest BCUT2D eigenvalue weighted by Crippen LogP contribution is -2.38. The van der Waals surface area contributed by atoms with E-state index in [1.807, 2.05) is 42.5 Å². The molecule has 1 atom stereocenters. The van der Waals surface area contributed by atoms with Crippen molar-refractivity contribution in [3.05, 3.63) is 66.0 Å². The fourth-order valence-corrected chi connectivity index (χ4v) is 3.14. The summed E-state index contributed by atoms with van der Waals surface area (Å²) in [4.78, 5) is 11.5. The van der Waals surface area contributed by atoms with E-state index in [9.17, 15) is 0 Å². The molecule has 2 heterocycles. The third-order valence-electron chi connectivity index (χ3n) is 4.37. The molecule has 0 bridgehead atoms. The van der Waals surface area contributed by atoms with E-state index in [4.69, 9.17) is 10.5 Å². The summed E-state index contributed by atoms with van der Waals surface area (Å²) in [5.41, 5.74) is 8.19. The first kappa shape index (κ1) is 15.1. The molecular weight excluding hydrogens is 300 g/mol. The summed E-state index contributed by atoms with van der Waals surface area (Å²) in [6.07, 6.45) is 0.0951. The Bertz CT molecular complexity index is 837. The number of rotatable bonds is 3. The highest BCUT2D eigenvalue weighted by Crippen LogP contribution is 2.23. The molecule has 0 spiro atoms. The fourth-order valence-electron chi connectivity index (χ4n) is 3.14. The van der Waals surface area contributed by atoms with E-state index >= 15 is 0 Å². The molecule has 1 aliphatic heterocycles. The number of aromatic nitrogens is 2. The van der Waals surface area contributed by atoms with E-state index in [2.05, 4.69) is 27.0 Å². The Morgan fingerprint density at radius 1 is 1.04 bits per heavy atom. The largest absolute Gasteiger partial charge is 0.383 e. The molecule has 5 nitrogen and oxygen atoms in total. The van der Waals surface area contributed by atoms with Crippen LogP contribution in [0.4, 0.5) is 5.82 Å². The number of benzene rings is 2. The molecule has 122 valence electrons. The van der Waals surface area contributed by atoms with Crippen LogP contribution in [0.15, 0.2) is 54.6 Å². The minimum Gasteiger partial charge on any atom is -0.383 e. The molecule has 1 aromatic heterocycles. The second-order valence-corrected chi connectivity index (χ2v) is 6.05. The van der Waals surface area contributed by atoms with Gasteiger partial charge in [-0.1, -0.05) is 42.5 Å². The van der Waals surface area contributed by atoms with Crippen molar-refractivity contribution >= 4 is 16.7 Å². The number of hydrogen-bond donors (Lipinski definition) is 1. The van der Waals surface area contributed by atoms with E-state index in [-0.39, 0.29) is 6.10 Å². The number of anilines is 1. The smallest absolute Gasteiger partial charge is 0.145 e. The van der Waals surface area contributed by atoms with E-state index in [0.29, 0.717) is 19.0 Å². The maximum Gasteiger partial charge on any atom is 0.145 e. The lowest BCUT2D eigenvalue weighted by atomic mass is 10.1. The number of fused-ring (bicyclic) bond motifs is 1. The first-order chi connectivity index (χ1) is 11.8. The second kappa shape index (κ2) is 6.55. The molecule has 0 saturated carbocycles. The van der Waals surface area contributed by atoms with Gasteiger partial charge in [0.1, 0.15) is 11.6 Å². The van der Waals surface area contributed by atoms with E-state index < -0.39 is 0 Å². The van der Waals surface area contributed by atoms with Crippen LogP contribution in [0.2, 0.25) is 0 Å². The molecule has 0 amide bonds. The summed E-state index contributed by atoms with van der Waals surface area (Å²) in [6, 6.07) is 18.2. The molecule has 0 radical (unpaired) electrons. The Kier molecular flexibility index (Phi) is 4.11. The van der Waals surface area contributed by atoms with Crippen LogP contribution in [0.3, 0.4) is 0 Å². The number of morpholine rings is 1. The molecule has 4 rings (SSSR count). The molecule has 1 saturated heterocycles. The van der Waals surface area contributed by atoms with Gasteiger partial charge in [0.15, 0.2) is 0 Å². The molecule has 2 N–H and O–H groups in total. The number of nitrogen functional groups attached to an aromatic ring is 1. The van der Waals surface area contributed by atoms with Crippen LogP contribution >= 0.6 is 0 Å². The van der Waals surface area contributed by atoms with Crippen LogP contribution in [-0.2, 0) is 11.3 Å². The van der Waals surface area contributed by atoms with E-state index in [1.165, 1.54) is 5.56 Å². The minimum atomic E-state index is 0.0951. The van der Waals surface area contributed by atoms with E-state index in [1.54, 1.807) is 0 Å². The third-order valence-corrected chi connectivity index (χ3v) is 4.37. The lowest BCUT2D eigenvalue weighted by Gasteiger charge is -2.32. The highest BCUT2D eigenvalue weighted by atomic mass is 16.5. The molecule has 0 aliphatic carbocycles. The molecule has 2 aromatic carbocycles. The number of hydrogen-bond acceptors (Lipinski definition) is 5. The molecule has 1 unspecified atom stereocenters.